The molecule has 0 bridgehead atoms. The molecule has 10 heteroatoms. The summed E-state index contributed by atoms with van der Waals surface area (Å²) in [6.07, 6.45) is 3.70. The summed E-state index contributed by atoms with van der Waals surface area (Å²) in [4.78, 5) is 51.2. The summed E-state index contributed by atoms with van der Waals surface area (Å²) in [6, 6.07) is 11.6. The van der Waals surface area contributed by atoms with Crippen molar-refractivity contribution in [2.75, 3.05) is 18.4 Å². The summed E-state index contributed by atoms with van der Waals surface area (Å²) >= 11 is 3.08. The molecule has 2 aromatic carbocycles. The molecule has 0 spiro atoms. The first-order valence-electron chi connectivity index (χ1n) is 10.4. The summed E-state index contributed by atoms with van der Waals surface area (Å²) in [5.41, 5.74) is 2.00. The van der Waals surface area contributed by atoms with E-state index in [9.17, 15) is 24.5 Å². The van der Waals surface area contributed by atoms with E-state index in [0.29, 0.717) is 32.5 Å². The Balaban J connectivity index is 1.33. The van der Waals surface area contributed by atoms with Crippen molar-refractivity contribution in [2.45, 2.75) is 25.4 Å². The zero-order valence-electron chi connectivity index (χ0n) is 17.6. The van der Waals surface area contributed by atoms with Gasteiger partial charge in [0, 0.05) is 49.1 Å². The lowest BCUT2D eigenvalue weighted by molar-refractivity contribution is -0.385. The van der Waals surface area contributed by atoms with Crippen molar-refractivity contribution in [3.05, 3.63) is 80.3 Å². The number of nitro benzene ring substituents is 1. The number of nitrogens with zero attached hydrogens (tertiary/aromatic N) is 3. The number of carbonyl (C=O) groups excluding carboxylic acids is 3. The second-order valence-corrected chi connectivity index (χ2v) is 8.75. The predicted octanol–water partition coefficient (Wildman–Crippen LogP) is 4.13. The molecule has 2 heterocycles. The number of rotatable bonds is 5. The first kappa shape index (κ1) is 22.7. The first-order valence-corrected chi connectivity index (χ1v) is 11.2. The summed E-state index contributed by atoms with van der Waals surface area (Å²) in [6.45, 7) is 1.51. The number of fused-ring (bicyclic) bond motifs is 1. The molecule has 3 amide bonds. The third-order valence-corrected chi connectivity index (χ3v) is 6.52. The standard InChI is InChI=1S/C23H21BrN4O5/c24-18-13-15(5-6-20(18)28(32)33)21(29)7-8-22(30)26-11-9-17(10-12-26)27-14-16-3-1-2-4-19(16)25-23(27)31/h1-8,13,17H,9-12,14H2,(H,25,31). The lowest BCUT2D eigenvalue weighted by Crippen LogP contribution is -2.50. The smallest absolute Gasteiger partial charge is 0.322 e. The van der Waals surface area contributed by atoms with Crippen LogP contribution in [0.15, 0.2) is 59.1 Å². The molecule has 4 rings (SSSR count). The number of hydrogen-bond donors (Lipinski definition) is 1. The molecule has 1 fully saturated rings. The van der Waals surface area contributed by atoms with E-state index in [4.69, 9.17) is 0 Å². The Morgan fingerprint density at radius 2 is 1.85 bits per heavy atom. The molecule has 0 unspecified atom stereocenters. The van der Waals surface area contributed by atoms with Crippen LogP contribution in [0.1, 0.15) is 28.8 Å². The summed E-state index contributed by atoms with van der Waals surface area (Å²) in [7, 11) is 0. The molecule has 0 radical (unpaired) electrons. The molecule has 0 atom stereocenters. The lowest BCUT2D eigenvalue weighted by Gasteiger charge is -2.40. The molecule has 170 valence electrons. The Hall–Kier alpha value is -3.53. The van der Waals surface area contributed by atoms with Crippen LogP contribution in [-0.4, -0.2) is 51.6 Å². The Kier molecular flexibility index (Phi) is 6.55. The lowest BCUT2D eigenvalue weighted by atomic mass is 10.0. The van der Waals surface area contributed by atoms with E-state index in [1.807, 2.05) is 29.2 Å². The van der Waals surface area contributed by atoms with E-state index in [2.05, 4.69) is 21.2 Å². The van der Waals surface area contributed by atoms with Crippen molar-refractivity contribution in [1.29, 1.82) is 0 Å². The van der Waals surface area contributed by atoms with Crippen molar-refractivity contribution in [3.8, 4) is 0 Å². The van der Waals surface area contributed by atoms with Crippen LogP contribution >= 0.6 is 15.9 Å². The second kappa shape index (κ2) is 9.53. The number of halogens is 1. The van der Waals surface area contributed by atoms with Gasteiger partial charge in [0.05, 0.1) is 9.40 Å². The SMILES string of the molecule is O=C(C=CC(=O)N1CCC(N2Cc3ccccc3NC2=O)CC1)c1ccc([N+](=O)[O-])c(Br)c1. The van der Waals surface area contributed by atoms with E-state index in [0.717, 1.165) is 11.3 Å². The molecular formula is C23H21BrN4O5. The average Bonchev–Trinajstić information content (AvgIpc) is 2.81. The number of anilines is 1. The molecule has 1 N–H and O–H groups in total. The monoisotopic (exact) mass is 512 g/mol. The average molecular weight is 513 g/mol. The third kappa shape index (κ3) is 4.95. The molecule has 9 nitrogen and oxygen atoms in total. The number of allylic oxidation sites excluding steroid dienone is 1. The number of amides is 3. The number of urea groups is 1. The van der Waals surface area contributed by atoms with Gasteiger partial charge in [-0.05, 0) is 58.6 Å². The van der Waals surface area contributed by atoms with Crippen molar-refractivity contribution in [2.24, 2.45) is 0 Å². The Morgan fingerprint density at radius 1 is 1.12 bits per heavy atom. The van der Waals surface area contributed by atoms with Crippen LogP contribution in [0.25, 0.3) is 0 Å². The minimum absolute atomic E-state index is 0.0328. The van der Waals surface area contributed by atoms with Gasteiger partial charge in [-0.3, -0.25) is 19.7 Å². The number of nitrogens with one attached hydrogen (secondary N) is 1. The quantitative estimate of drug-likeness (QED) is 0.280. The highest BCUT2D eigenvalue weighted by atomic mass is 79.9. The Bertz CT molecular complexity index is 1160. The Morgan fingerprint density at radius 3 is 2.55 bits per heavy atom. The molecule has 0 saturated carbocycles. The molecular weight excluding hydrogens is 492 g/mol. The van der Waals surface area contributed by atoms with Gasteiger partial charge in [-0.25, -0.2) is 4.79 Å². The highest BCUT2D eigenvalue weighted by molar-refractivity contribution is 9.10. The van der Waals surface area contributed by atoms with Gasteiger partial charge in [0.1, 0.15) is 0 Å². The van der Waals surface area contributed by atoms with Crippen LogP contribution in [0.5, 0.6) is 0 Å². The van der Waals surface area contributed by atoms with E-state index in [-0.39, 0.29) is 33.7 Å². The number of piperidine rings is 1. The van der Waals surface area contributed by atoms with Gasteiger partial charge in [-0.2, -0.15) is 0 Å². The molecule has 2 aliphatic heterocycles. The molecule has 2 aliphatic rings. The van der Waals surface area contributed by atoms with E-state index < -0.39 is 10.7 Å². The van der Waals surface area contributed by atoms with Crippen LogP contribution in [-0.2, 0) is 11.3 Å². The fraction of sp³-hybridized carbons (Fsp3) is 0.261. The van der Waals surface area contributed by atoms with Crippen LogP contribution in [0.3, 0.4) is 0 Å². The zero-order chi connectivity index (χ0) is 23.5. The van der Waals surface area contributed by atoms with Gasteiger partial charge in [-0.1, -0.05) is 18.2 Å². The maximum atomic E-state index is 12.6. The highest BCUT2D eigenvalue weighted by Gasteiger charge is 2.32. The minimum Gasteiger partial charge on any atom is -0.339 e. The Labute approximate surface area is 198 Å². The maximum Gasteiger partial charge on any atom is 0.322 e. The van der Waals surface area contributed by atoms with Crippen LogP contribution in [0, 0.1) is 10.1 Å². The van der Waals surface area contributed by atoms with Crippen molar-refractivity contribution < 1.29 is 19.3 Å². The number of ketones is 1. The van der Waals surface area contributed by atoms with Crippen LogP contribution < -0.4 is 5.32 Å². The highest BCUT2D eigenvalue weighted by Crippen LogP contribution is 2.28. The van der Waals surface area contributed by atoms with Gasteiger partial charge in [0.25, 0.3) is 5.69 Å². The molecule has 2 aromatic rings. The van der Waals surface area contributed by atoms with E-state index >= 15 is 0 Å². The van der Waals surface area contributed by atoms with Gasteiger partial charge in [0.2, 0.25) is 5.91 Å². The van der Waals surface area contributed by atoms with Crippen molar-refractivity contribution in [1.82, 2.24) is 9.80 Å². The molecule has 33 heavy (non-hydrogen) atoms. The second-order valence-electron chi connectivity index (χ2n) is 7.89. The molecule has 0 aliphatic carbocycles. The van der Waals surface area contributed by atoms with Gasteiger partial charge in [0.15, 0.2) is 5.78 Å². The first-order chi connectivity index (χ1) is 15.8. The van der Waals surface area contributed by atoms with Crippen molar-refractivity contribution >= 4 is 45.0 Å². The van der Waals surface area contributed by atoms with Crippen LogP contribution in [0.2, 0.25) is 0 Å². The van der Waals surface area contributed by atoms with Gasteiger partial charge < -0.3 is 15.1 Å². The number of benzene rings is 2. The number of carbonyl (C=O) groups is 3. The number of likely N-dealkylation sites (tertiary alicyclic amines) is 1. The van der Waals surface area contributed by atoms with E-state index in [1.54, 1.807) is 4.90 Å². The fourth-order valence-corrected chi connectivity index (χ4v) is 4.60. The normalized spacial score (nSPS) is 16.5. The number of nitro groups is 1. The minimum atomic E-state index is -0.548. The summed E-state index contributed by atoms with van der Waals surface area (Å²) in [5, 5.41) is 13.8. The zero-order valence-corrected chi connectivity index (χ0v) is 19.2. The van der Waals surface area contributed by atoms with Gasteiger partial charge in [-0.15, -0.1) is 0 Å². The number of hydrogen-bond acceptors (Lipinski definition) is 5. The summed E-state index contributed by atoms with van der Waals surface area (Å²) < 4.78 is 0.199. The molecule has 1 saturated heterocycles. The third-order valence-electron chi connectivity index (χ3n) is 5.88. The van der Waals surface area contributed by atoms with Crippen LogP contribution in [0.4, 0.5) is 16.2 Å². The van der Waals surface area contributed by atoms with E-state index in [1.165, 1.54) is 30.4 Å². The van der Waals surface area contributed by atoms with Crippen molar-refractivity contribution in [3.63, 3.8) is 0 Å². The molecule has 0 aromatic heterocycles. The number of para-hydroxylation sites is 1. The maximum absolute atomic E-state index is 12.6. The predicted molar refractivity (Wildman–Crippen MR) is 125 cm³/mol. The largest absolute Gasteiger partial charge is 0.339 e. The topological polar surface area (TPSA) is 113 Å². The fourth-order valence-electron chi connectivity index (χ4n) is 4.07. The van der Waals surface area contributed by atoms with Gasteiger partial charge >= 0.3 is 6.03 Å². The summed E-state index contributed by atoms with van der Waals surface area (Å²) in [5.74, 6) is -0.700.